The standard InChI is InChI=1S/C12H20N4O2/c1-12(2)9-10(3-8-18-12)11(17)13-4-6-16-7-5-14-15-16/h5,7,10H,3-4,6,8-9H2,1-2H3,(H,13,17)/t10-/m0/s1. The molecular formula is C12H20N4O2. The lowest BCUT2D eigenvalue weighted by Crippen LogP contribution is -2.42. The average Bonchev–Trinajstić information content (AvgIpc) is 2.80. The quantitative estimate of drug-likeness (QED) is 0.852. The van der Waals surface area contributed by atoms with Gasteiger partial charge in [0.1, 0.15) is 0 Å². The summed E-state index contributed by atoms with van der Waals surface area (Å²) in [7, 11) is 0. The molecule has 1 atom stereocenters. The lowest BCUT2D eigenvalue weighted by Gasteiger charge is -2.34. The normalized spacial score (nSPS) is 22.7. The van der Waals surface area contributed by atoms with Crippen LogP contribution in [0.4, 0.5) is 0 Å². The summed E-state index contributed by atoms with van der Waals surface area (Å²) in [5, 5.41) is 10.5. The van der Waals surface area contributed by atoms with E-state index >= 15 is 0 Å². The first-order valence-corrected chi connectivity index (χ1v) is 6.33. The monoisotopic (exact) mass is 252 g/mol. The molecule has 0 radical (unpaired) electrons. The first kappa shape index (κ1) is 13.0. The Hall–Kier alpha value is -1.43. The van der Waals surface area contributed by atoms with Crippen LogP contribution in [0.1, 0.15) is 26.7 Å². The molecule has 6 heteroatoms. The van der Waals surface area contributed by atoms with Crippen LogP contribution in [0, 0.1) is 5.92 Å². The fraction of sp³-hybridized carbons (Fsp3) is 0.750. The van der Waals surface area contributed by atoms with Crippen LogP contribution >= 0.6 is 0 Å². The predicted molar refractivity (Wildman–Crippen MR) is 65.8 cm³/mol. The summed E-state index contributed by atoms with van der Waals surface area (Å²) < 4.78 is 7.31. The number of nitrogens with zero attached hydrogens (tertiary/aromatic N) is 3. The van der Waals surface area contributed by atoms with Crippen molar-refractivity contribution in [3.8, 4) is 0 Å². The number of carbonyl (C=O) groups excluding carboxylic acids is 1. The van der Waals surface area contributed by atoms with Crippen LogP contribution in [0.5, 0.6) is 0 Å². The molecule has 2 rings (SSSR count). The zero-order chi connectivity index (χ0) is 13.0. The van der Waals surface area contributed by atoms with E-state index in [2.05, 4.69) is 15.6 Å². The number of nitrogens with one attached hydrogen (secondary N) is 1. The van der Waals surface area contributed by atoms with Crippen molar-refractivity contribution in [1.82, 2.24) is 20.3 Å². The van der Waals surface area contributed by atoms with Crippen molar-refractivity contribution in [2.45, 2.75) is 38.8 Å². The Morgan fingerprint density at radius 3 is 3.11 bits per heavy atom. The lowest BCUT2D eigenvalue weighted by molar-refractivity contribution is -0.135. The summed E-state index contributed by atoms with van der Waals surface area (Å²) >= 11 is 0. The molecule has 6 nitrogen and oxygen atoms in total. The molecule has 1 N–H and O–H groups in total. The molecule has 100 valence electrons. The Kier molecular flexibility index (Phi) is 3.96. The van der Waals surface area contributed by atoms with Crippen molar-refractivity contribution < 1.29 is 9.53 Å². The van der Waals surface area contributed by atoms with E-state index in [1.165, 1.54) is 0 Å². The van der Waals surface area contributed by atoms with Gasteiger partial charge in [-0.3, -0.25) is 9.48 Å². The third-order valence-electron chi connectivity index (χ3n) is 3.18. The van der Waals surface area contributed by atoms with Crippen molar-refractivity contribution in [3.05, 3.63) is 12.4 Å². The van der Waals surface area contributed by atoms with E-state index in [9.17, 15) is 4.79 Å². The van der Waals surface area contributed by atoms with Crippen LogP contribution in [0.3, 0.4) is 0 Å². The molecule has 2 heterocycles. The summed E-state index contributed by atoms with van der Waals surface area (Å²) in [5.41, 5.74) is -0.188. The molecule has 0 aromatic carbocycles. The van der Waals surface area contributed by atoms with Gasteiger partial charge in [0.25, 0.3) is 0 Å². The smallest absolute Gasteiger partial charge is 0.223 e. The first-order valence-electron chi connectivity index (χ1n) is 6.33. The summed E-state index contributed by atoms with van der Waals surface area (Å²) in [5.74, 6) is 0.177. The zero-order valence-electron chi connectivity index (χ0n) is 10.9. The van der Waals surface area contributed by atoms with Crippen LogP contribution in [0.2, 0.25) is 0 Å². The fourth-order valence-corrected chi connectivity index (χ4v) is 2.25. The Bertz CT molecular complexity index is 389. The Balaban J connectivity index is 1.74. The van der Waals surface area contributed by atoms with Gasteiger partial charge in [0.05, 0.1) is 18.3 Å². The molecule has 1 aliphatic rings. The van der Waals surface area contributed by atoms with Crippen molar-refractivity contribution in [1.29, 1.82) is 0 Å². The topological polar surface area (TPSA) is 69.0 Å². The van der Waals surface area contributed by atoms with E-state index in [0.29, 0.717) is 19.7 Å². The fourth-order valence-electron chi connectivity index (χ4n) is 2.25. The highest BCUT2D eigenvalue weighted by Gasteiger charge is 2.32. The summed E-state index contributed by atoms with van der Waals surface area (Å²) in [6, 6.07) is 0. The van der Waals surface area contributed by atoms with E-state index in [0.717, 1.165) is 12.8 Å². The first-order chi connectivity index (χ1) is 8.57. The average molecular weight is 252 g/mol. The highest BCUT2D eigenvalue weighted by atomic mass is 16.5. The molecule has 1 aromatic rings. The minimum atomic E-state index is -0.188. The second-order valence-electron chi connectivity index (χ2n) is 5.26. The summed E-state index contributed by atoms with van der Waals surface area (Å²) in [6.45, 7) is 5.95. The maximum absolute atomic E-state index is 12.0. The molecule has 0 aliphatic carbocycles. The zero-order valence-corrected chi connectivity index (χ0v) is 10.9. The van der Waals surface area contributed by atoms with Crippen LogP contribution in [0.25, 0.3) is 0 Å². The van der Waals surface area contributed by atoms with E-state index in [1.54, 1.807) is 17.1 Å². The van der Waals surface area contributed by atoms with Gasteiger partial charge in [-0.05, 0) is 26.7 Å². The number of ether oxygens (including phenoxy) is 1. The van der Waals surface area contributed by atoms with Gasteiger partial charge in [0, 0.05) is 25.3 Å². The second-order valence-corrected chi connectivity index (χ2v) is 5.26. The van der Waals surface area contributed by atoms with E-state index in [4.69, 9.17) is 4.74 Å². The third kappa shape index (κ3) is 3.53. The maximum Gasteiger partial charge on any atom is 0.223 e. The highest BCUT2D eigenvalue weighted by Crippen LogP contribution is 2.28. The van der Waals surface area contributed by atoms with Crippen molar-refractivity contribution in [3.63, 3.8) is 0 Å². The molecule has 18 heavy (non-hydrogen) atoms. The molecule has 1 amide bonds. The van der Waals surface area contributed by atoms with E-state index in [-0.39, 0.29) is 17.4 Å². The lowest BCUT2D eigenvalue weighted by atomic mass is 9.88. The minimum Gasteiger partial charge on any atom is -0.376 e. The summed E-state index contributed by atoms with van der Waals surface area (Å²) in [4.78, 5) is 12.0. The van der Waals surface area contributed by atoms with Gasteiger partial charge in [-0.15, -0.1) is 5.10 Å². The molecule has 1 aliphatic heterocycles. The van der Waals surface area contributed by atoms with Gasteiger partial charge in [-0.25, -0.2) is 0 Å². The maximum atomic E-state index is 12.0. The van der Waals surface area contributed by atoms with Crippen LogP contribution in [0.15, 0.2) is 12.4 Å². The SMILES string of the molecule is CC1(C)C[C@@H](C(=O)NCCn2ccnn2)CCO1. The molecule has 0 bridgehead atoms. The number of aromatic nitrogens is 3. The van der Waals surface area contributed by atoms with Gasteiger partial charge in [-0.2, -0.15) is 0 Å². The molecular weight excluding hydrogens is 232 g/mol. The minimum absolute atomic E-state index is 0.0597. The van der Waals surface area contributed by atoms with Gasteiger partial charge >= 0.3 is 0 Å². The van der Waals surface area contributed by atoms with Crippen molar-refractivity contribution in [2.24, 2.45) is 5.92 Å². The number of hydrogen-bond donors (Lipinski definition) is 1. The van der Waals surface area contributed by atoms with Gasteiger partial charge < -0.3 is 10.1 Å². The number of hydrogen-bond acceptors (Lipinski definition) is 4. The van der Waals surface area contributed by atoms with Crippen LogP contribution < -0.4 is 5.32 Å². The molecule has 1 saturated heterocycles. The van der Waals surface area contributed by atoms with E-state index < -0.39 is 0 Å². The number of rotatable bonds is 4. The molecule has 1 aromatic heterocycles. The van der Waals surface area contributed by atoms with Crippen molar-refractivity contribution in [2.75, 3.05) is 13.2 Å². The van der Waals surface area contributed by atoms with Crippen LogP contribution in [-0.2, 0) is 16.1 Å². The molecule has 0 saturated carbocycles. The molecule has 1 fully saturated rings. The second kappa shape index (κ2) is 5.48. The number of carbonyl (C=O) groups is 1. The number of amides is 1. The summed E-state index contributed by atoms with van der Waals surface area (Å²) in [6.07, 6.45) is 4.99. The van der Waals surface area contributed by atoms with Crippen LogP contribution in [-0.4, -0.2) is 39.7 Å². The third-order valence-corrected chi connectivity index (χ3v) is 3.18. The van der Waals surface area contributed by atoms with Gasteiger partial charge in [0.2, 0.25) is 5.91 Å². The largest absolute Gasteiger partial charge is 0.376 e. The Morgan fingerprint density at radius 1 is 1.61 bits per heavy atom. The Morgan fingerprint density at radius 2 is 2.44 bits per heavy atom. The highest BCUT2D eigenvalue weighted by molar-refractivity contribution is 5.78. The van der Waals surface area contributed by atoms with E-state index in [1.807, 2.05) is 13.8 Å². The predicted octanol–water partition coefficient (Wildman–Crippen LogP) is 0.599. The molecule has 0 spiro atoms. The molecule has 0 unspecified atom stereocenters. The van der Waals surface area contributed by atoms with Crippen molar-refractivity contribution >= 4 is 5.91 Å². The van der Waals surface area contributed by atoms with Gasteiger partial charge in [-0.1, -0.05) is 5.21 Å². The van der Waals surface area contributed by atoms with Gasteiger partial charge in [0.15, 0.2) is 0 Å². The Labute approximate surface area is 107 Å².